The Bertz CT molecular complexity index is 990. The smallest absolute Gasteiger partial charge is 0.257 e. The van der Waals surface area contributed by atoms with Gasteiger partial charge in [-0.2, -0.15) is 5.10 Å². The van der Waals surface area contributed by atoms with Crippen molar-refractivity contribution in [2.45, 2.75) is 18.8 Å². The van der Waals surface area contributed by atoms with E-state index in [1.165, 1.54) is 12.3 Å². The van der Waals surface area contributed by atoms with Crippen LogP contribution in [-0.4, -0.2) is 43.6 Å². The largest absolute Gasteiger partial charge is 0.434 e. The van der Waals surface area contributed by atoms with E-state index >= 15 is 0 Å². The molecule has 0 spiro atoms. The molecule has 1 saturated heterocycles. The van der Waals surface area contributed by atoms with E-state index in [0.717, 1.165) is 12.8 Å². The van der Waals surface area contributed by atoms with Gasteiger partial charge in [-0.1, -0.05) is 12.1 Å². The predicted molar refractivity (Wildman–Crippen MR) is 99.6 cm³/mol. The maximum Gasteiger partial charge on any atom is 0.257 e. The van der Waals surface area contributed by atoms with Gasteiger partial charge in [0, 0.05) is 44.6 Å². The third kappa shape index (κ3) is 3.71. The standard InChI is InChI=1S/C20H20FN5O2/c1-25-12-15(11-24-25)20(27)26-10-4-5-14(13-26)18-19(23-9-8-22-18)28-17-7-3-2-6-16(17)21/h2-3,6-9,11-12,14H,4-5,10,13H2,1H3. The van der Waals surface area contributed by atoms with Crippen molar-refractivity contribution < 1.29 is 13.9 Å². The Morgan fingerprint density at radius 3 is 2.86 bits per heavy atom. The van der Waals surface area contributed by atoms with Crippen LogP contribution in [0, 0.1) is 5.82 Å². The summed E-state index contributed by atoms with van der Waals surface area (Å²) < 4.78 is 21.3. The number of hydrogen-bond donors (Lipinski definition) is 0. The third-order valence-corrected chi connectivity index (χ3v) is 4.78. The molecule has 28 heavy (non-hydrogen) atoms. The van der Waals surface area contributed by atoms with Crippen LogP contribution in [0.3, 0.4) is 0 Å². The Kier molecular flexibility index (Phi) is 5.01. The maximum absolute atomic E-state index is 14.0. The number of likely N-dealkylation sites (tertiary alicyclic amines) is 1. The van der Waals surface area contributed by atoms with E-state index in [2.05, 4.69) is 15.1 Å². The van der Waals surface area contributed by atoms with Crippen molar-refractivity contribution in [1.29, 1.82) is 0 Å². The molecule has 8 heteroatoms. The van der Waals surface area contributed by atoms with Crippen molar-refractivity contribution in [3.8, 4) is 11.6 Å². The number of carbonyl (C=O) groups excluding carboxylic acids is 1. The highest BCUT2D eigenvalue weighted by atomic mass is 19.1. The fraction of sp³-hybridized carbons (Fsp3) is 0.300. The van der Waals surface area contributed by atoms with Crippen LogP contribution in [-0.2, 0) is 7.05 Å². The number of amides is 1. The van der Waals surface area contributed by atoms with Gasteiger partial charge in [-0.05, 0) is 25.0 Å². The average molecular weight is 381 g/mol. The molecule has 4 rings (SSSR count). The van der Waals surface area contributed by atoms with Gasteiger partial charge in [-0.15, -0.1) is 0 Å². The molecule has 144 valence electrons. The van der Waals surface area contributed by atoms with Crippen LogP contribution in [0.5, 0.6) is 11.6 Å². The molecular weight excluding hydrogens is 361 g/mol. The Morgan fingerprint density at radius 2 is 2.07 bits per heavy atom. The normalized spacial score (nSPS) is 16.8. The van der Waals surface area contributed by atoms with Gasteiger partial charge in [0.25, 0.3) is 5.91 Å². The number of aryl methyl sites for hydroxylation is 1. The quantitative estimate of drug-likeness (QED) is 0.694. The van der Waals surface area contributed by atoms with Gasteiger partial charge in [0.05, 0.1) is 11.8 Å². The first-order valence-electron chi connectivity index (χ1n) is 9.13. The highest BCUT2D eigenvalue weighted by Gasteiger charge is 2.29. The summed E-state index contributed by atoms with van der Waals surface area (Å²) in [5.41, 5.74) is 1.19. The number of piperidine rings is 1. The predicted octanol–water partition coefficient (Wildman–Crippen LogP) is 3.16. The number of aromatic nitrogens is 4. The minimum Gasteiger partial charge on any atom is -0.434 e. The number of halogens is 1. The fourth-order valence-corrected chi connectivity index (χ4v) is 3.43. The number of ether oxygens (including phenoxy) is 1. The molecule has 0 radical (unpaired) electrons. The zero-order valence-corrected chi connectivity index (χ0v) is 15.5. The lowest BCUT2D eigenvalue weighted by Gasteiger charge is -2.32. The molecule has 0 aliphatic carbocycles. The molecule has 1 unspecified atom stereocenters. The summed E-state index contributed by atoms with van der Waals surface area (Å²) in [4.78, 5) is 23.3. The molecule has 0 N–H and O–H groups in total. The van der Waals surface area contributed by atoms with Gasteiger partial charge in [0.15, 0.2) is 11.6 Å². The van der Waals surface area contributed by atoms with Crippen LogP contribution < -0.4 is 4.74 Å². The van der Waals surface area contributed by atoms with Crippen LogP contribution in [0.15, 0.2) is 49.1 Å². The highest BCUT2D eigenvalue weighted by molar-refractivity contribution is 5.93. The molecule has 2 aromatic heterocycles. The summed E-state index contributed by atoms with van der Waals surface area (Å²) in [5, 5.41) is 4.07. The van der Waals surface area contributed by atoms with E-state index in [4.69, 9.17) is 4.74 Å². The third-order valence-electron chi connectivity index (χ3n) is 4.78. The van der Waals surface area contributed by atoms with Crippen LogP contribution in [0.4, 0.5) is 4.39 Å². The van der Waals surface area contributed by atoms with Crippen LogP contribution in [0.1, 0.15) is 34.8 Å². The second-order valence-corrected chi connectivity index (χ2v) is 6.77. The number of nitrogens with zero attached hydrogens (tertiary/aromatic N) is 5. The van der Waals surface area contributed by atoms with Crippen molar-refractivity contribution in [2.75, 3.05) is 13.1 Å². The van der Waals surface area contributed by atoms with Crippen molar-refractivity contribution in [1.82, 2.24) is 24.6 Å². The van der Waals surface area contributed by atoms with E-state index in [0.29, 0.717) is 24.3 Å². The van der Waals surface area contributed by atoms with Crippen molar-refractivity contribution in [2.24, 2.45) is 7.05 Å². The first-order chi connectivity index (χ1) is 13.6. The fourth-order valence-electron chi connectivity index (χ4n) is 3.43. The number of para-hydroxylation sites is 1. The summed E-state index contributed by atoms with van der Waals surface area (Å²) in [7, 11) is 1.78. The molecule has 1 aliphatic heterocycles. The van der Waals surface area contributed by atoms with Gasteiger partial charge in [-0.3, -0.25) is 14.5 Å². The van der Waals surface area contributed by atoms with E-state index in [1.54, 1.807) is 53.4 Å². The molecule has 1 aromatic carbocycles. The van der Waals surface area contributed by atoms with Gasteiger partial charge in [-0.25, -0.2) is 9.37 Å². The second kappa shape index (κ2) is 7.75. The lowest BCUT2D eigenvalue weighted by Crippen LogP contribution is -2.39. The summed E-state index contributed by atoms with van der Waals surface area (Å²) >= 11 is 0. The van der Waals surface area contributed by atoms with Gasteiger partial charge in [0.2, 0.25) is 5.88 Å². The van der Waals surface area contributed by atoms with Crippen LogP contribution >= 0.6 is 0 Å². The summed E-state index contributed by atoms with van der Waals surface area (Å²) in [5.74, 6) is -0.184. The summed E-state index contributed by atoms with van der Waals surface area (Å²) in [6.07, 6.45) is 8.07. The highest BCUT2D eigenvalue weighted by Crippen LogP contribution is 2.33. The first-order valence-corrected chi connectivity index (χ1v) is 9.13. The SMILES string of the molecule is Cn1cc(C(=O)N2CCCC(c3nccnc3Oc3ccccc3F)C2)cn1. The van der Waals surface area contributed by atoms with Gasteiger partial charge in [0.1, 0.15) is 5.69 Å². The van der Waals surface area contributed by atoms with E-state index in [1.807, 2.05) is 0 Å². The van der Waals surface area contributed by atoms with Gasteiger partial charge >= 0.3 is 0 Å². The lowest BCUT2D eigenvalue weighted by molar-refractivity contribution is 0.0704. The average Bonchev–Trinajstić information content (AvgIpc) is 3.16. The molecule has 1 fully saturated rings. The van der Waals surface area contributed by atoms with Gasteiger partial charge < -0.3 is 9.64 Å². The molecular formula is C20H20FN5O2. The van der Waals surface area contributed by atoms with Crippen molar-refractivity contribution in [3.05, 3.63) is 66.1 Å². The number of carbonyl (C=O) groups is 1. The van der Waals surface area contributed by atoms with E-state index in [-0.39, 0.29) is 23.5 Å². The first kappa shape index (κ1) is 18.1. The summed E-state index contributed by atoms with van der Waals surface area (Å²) in [6.45, 7) is 1.17. The molecule has 1 atom stereocenters. The second-order valence-electron chi connectivity index (χ2n) is 6.77. The van der Waals surface area contributed by atoms with E-state index in [9.17, 15) is 9.18 Å². The number of hydrogen-bond acceptors (Lipinski definition) is 5. The molecule has 0 bridgehead atoms. The molecule has 7 nitrogen and oxygen atoms in total. The number of benzene rings is 1. The lowest BCUT2D eigenvalue weighted by atomic mass is 9.94. The number of rotatable bonds is 4. The van der Waals surface area contributed by atoms with Crippen molar-refractivity contribution >= 4 is 5.91 Å². The molecule has 0 saturated carbocycles. The zero-order valence-electron chi connectivity index (χ0n) is 15.5. The molecule has 1 amide bonds. The Hall–Kier alpha value is -3.29. The Balaban J connectivity index is 1.55. The van der Waals surface area contributed by atoms with Crippen LogP contribution in [0.25, 0.3) is 0 Å². The monoisotopic (exact) mass is 381 g/mol. The molecule has 1 aliphatic rings. The zero-order chi connectivity index (χ0) is 19.5. The minimum atomic E-state index is -0.462. The minimum absolute atomic E-state index is 0.0372. The van der Waals surface area contributed by atoms with Crippen molar-refractivity contribution in [3.63, 3.8) is 0 Å². The maximum atomic E-state index is 14.0. The topological polar surface area (TPSA) is 73.1 Å². The van der Waals surface area contributed by atoms with Crippen LogP contribution in [0.2, 0.25) is 0 Å². The Labute approximate surface area is 161 Å². The Morgan fingerprint density at radius 1 is 1.25 bits per heavy atom. The molecule has 3 aromatic rings. The summed E-state index contributed by atoms with van der Waals surface area (Å²) in [6, 6.07) is 6.18. The van der Waals surface area contributed by atoms with E-state index < -0.39 is 5.82 Å². The molecule has 3 heterocycles.